The number of benzene rings is 2. The number of halogens is 1. The monoisotopic (exact) mass is 276 g/mol. The van der Waals surface area contributed by atoms with Crippen molar-refractivity contribution < 1.29 is 23.8 Å². The van der Waals surface area contributed by atoms with Crippen molar-refractivity contribution in [1.82, 2.24) is 0 Å². The fraction of sp³-hybridized carbons (Fsp3) is 0.133. The van der Waals surface area contributed by atoms with E-state index in [0.717, 1.165) is 0 Å². The van der Waals surface area contributed by atoms with Gasteiger partial charge in [0.1, 0.15) is 5.82 Å². The molecule has 0 fully saturated rings. The average Bonchev–Trinajstić information content (AvgIpc) is 2.45. The van der Waals surface area contributed by atoms with Crippen LogP contribution < -0.4 is 9.47 Å². The molecule has 0 unspecified atom stereocenters. The maximum Gasteiger partial charge on any atom is 0.335 e. The third-order valence-corrected chi connectivity index (χ3v) is 2.86. The lowest BCUT2D eigenvalue weighted by molar-refractivity contribution is 0.0696. The fourth-order valence-corrected chi connectivity index (χ4v) is 1.96. The third kappa shape index (κ3) is 2.56. The largest absolute Gasteiger partial charge is 0.493 e. The van der Waals surface area contributed by atoms with Gasteiger partial charge in [0.2, 0.25) is 0 Å². The van der Waals surface area contributed by atoms with Crippen LogP contribution in [-0.4, -0.2) is 25.3 Å². The van der Waals surface area contributed by atoms with Gasteiger partial charge in [-0.3, -0.25) is 0 Å². The molecule has 5 heteroatoms. The second-order valence-electron chi connectivity index (χ2n) is 4.07. The zero-order chi connectivity index (χ0) is 14.7. The normalized spacial score (nSPS) is 10.2. The summed E-state index contributed by atoms with van der Waals surface area (Å²) >= 11 is 0. The zero-order valence-corrected chi connectivity index (χ0v) is 11.0. The Hall–Kier alpha value is -2.56. The predicted octanol–water partition coefficient (Wildman–Crippen LogP) is 3.21. The molecule has 0 saturated heterocycles. The molecule has 0 saturated carbocycles. The van der Waals surface area contributed by atoms with E-state index >= 15 is 0 Å². The summed E-state index contributed by atoms with van der Waals surface area (Å²) in [6.07, 6.45) is 0. The van der Waals surface area contributed by atoms with Crippen LogP contribution in [0, 0.1) is 5.82 Å². The minimum absolute atomic E-state index is 0.0434. The van der Waals surface area contributed by atoms with Gasteiger partial charge in [0.15, 0.2) is 11.5 Å². The van der Waals surface area contributed by atoms with Gasteiger partial charge < -0.3 is 14.6 Å². The molecule has 0 aromatic heterocycles. The molecule has 4 nitrogen and oxygen atoms in total. The first-order valence-electron chi connectivity index (χ1n) is 5.82. The van der Waals surface area contributed by atoms with Crippen LogP contribution in [0.1, 0.15) is 10.4 Å². The van der Waals surface area contributed by atoms with E-state index in [0.29, 0.717) is 16.9 Å². The average molecular weight is 276 g/mol. The summed E-state index contributed by atoms with van der Waals surface area (Å²) in [5.41, 5.74) is 1.02. The molecular formula is C15H13FO4. The van der Waals surface area contributed by atoms with Gasteiger partial charge in [-0.05, 0) is 29.8 Å². The van der Waals surface area contributed by atoms with Crippen LogP contribution in [0.4, 0.5) is 4.39 Å². The molecule has 2 aromatic rings. The summed E-state index contributed by atoms with van der Waals surface area (Å²) in [6.45, 7) is 0. The van der Waals surface area contributed by atoms with E-state index in [9.17, 15) is 9.18 Å². The van der Waals surface area contributed by atoms with Gasteiger partial charge in [0.05, 0.1) is 19.8 Å². The van der Waals surface area contributed by atoms with Crippen LogP contribution in [-0.2, 0) is 0 Å². The first kappa shape index (κ1) is 13.9. The van der Waals surface area contributed by atoms with Crippen LogP contribution >= 0.6 is 0 Å². The maximum atomic E-state index is 13.3. The van der Waals surface area contributed by atoms with E-state index in [-0.39, 0.29) is 11.3 Å². The number of rotatable bonds is 4. The van der Waals surface area contributed by atoms with Crippen molar-refractivity contribution in [3.8, 4) is 22.6 Å². The van der Waals surface area contributed by atoms with E-state index in [1.165, 1.54) is 38.5 Å². The lowest BCUT2D eigenvalue weighted by atomic mass is 10.0. The number of carboxylic acid groups (broad SMARTS) is 1. The number of carbonyl (C=O) groups is 1. The Balaban J connectivity index is 2.72. The van der Waals surface area contributed by atoms with Crippen molar-refractivity contribution in [2.45, 2.75) is 0 Å². The second-order valence-corrected chi connectivity index (χ2v) is 4.07. The van der Waals surface area contributed by atoms with Crippen molar-refractivity contribution >= 4 is 5.97 Å². The van der Waals surface area contributed by atoms with Gasteiger partial charge in [-0.15, -0.1) is 0 Å². The number of ether oxygens (including phenoxy) is 2. The molecule has 2 aromatic carbocycles. The number of hydrogen-bond acceptors (Lipinski definition) is 3. The maximum absolute atomic E-state index is 13.3. The Labute approximate surface area is 115 Å². The molecule has 0 atom stereocenters. The Morgan fingerprint density at radius 3 is 2.45 bits per heavy atom. The van der Waals surface area contributed by atoms with E-state index in [1.54, 1.807) is 12.1 Å². The molecule has 1 N–H and O–H groups in total. The minimum atomic E-state index is -1.09. The Bertz CT molecular complexity index is 652. The van der Waals surface area contributed by atoms with Gasteiger partial charge in [-0.25, -0.2) is 9.18 Å². The van der Waals surface area contributed by atoms with Crippen LogP contribution in [0.5, 0.6) is 11.5 Å². The highest BCUT2D eigenvalue weighted by Crippen LogP contribution is 2.39. The van der Waals surface area contributed by atoms with Gasteiger partial charge in [-0.1, -0.05) is 12.1 Å². The lowest BCUT2D eigenvalue weighted by Gasteiger charge is -2.14. The summed E-state index contributed by atoms with van der Waals surface area (Å²) in [4.78, 5) is 11.1. The molecule has 0 amide bonds. The SMILES string of the molecule is COc1cc(C(=O)O)cc(-c2cccc(F)c2)c1OC. The van der Waals surface area contributed by atoms with Gasteiger partial charge in [0.25, 0.3) is 0 Å². The van der Waals surface area contributed by atoms with Crippen molar-refractivity contribution in [2.24, 2.45) is 0 Å². The van der Waals surface area contributed by atoms with Crippen LogP contribution in [0.15, 0.2) is 36.4 Å². The summed E-state index contributed by atoms with van der Waals surface area (Å²) in [7, 11) is 2.86. The van der Waals surface area contributed by atoms with Crippen molar-refractivity contribution in [2.75, 3.05) is 14.2 Å². The van der Waals surface area contributed by atoms with E-state index in [1.807, 2.05) is 0 Å². The lowest BCUT2D eigenvalue weighted by Crippen LogP contribution is -2.01. The van der Waals surface area contributed by atoms with Gasteiger partial charge in [0, 0.05) is 5.56 Å². The molecule has 0 spiro atoms. The standard InChI is InChI=1S/C15H13FO4/c1-19-13-8-10(15(17)18)7-12(14(13)20-2)9-4-3-5-11(16)6-9/h3-8H,1-2H3,(H,17,18). The molecule has 104 valence electrons. The predicted molar refractivity (Wildman–Crippen MR) is 71.9 cm³/mol. The molecule has 0 bridgehead atoms. The van der Waals surface area contributed by atoms with Crippen LogP contribution in [0.3, 0.4) is 0 Å². The smallest absolute Gasteiger partial charge is 0.335 e. The van der Waals surface area contributed by atoms with E-state index < -0.39 is 11.8 Å². The van der Waals surface area contributed by atoms with Gasteiger partial charge >= 0.3 is 5.97 Å². The van der Waals surface area contributed by atoms with Crippen LogP contribution in [0.2, 0.25) is 0 Å². The summed E-state index contributed by atoms with van der Waals surface area (Å²) in [6, 6.07) is 8.63. The third-order valence-electron chi connectivity index (χ3n) is 2.86. The first-order chi connectivity index (χ1) is 9.56. The number of aromatic carboxylic acids is 1. The Kier molecular flexibility index (Phi) is 3.89. The highest BCUT2D eigenvalue weighted by molar-refractivity contribution is 5.92. The van der Waals surface area contributed by atoms with E-state index in [2.05, 4.69) is 0 Å². The van der Waals surface area contributed by atoms with Crippen LogP contribution in [0.25, 0.3) is 11.1 Å². The Morgan fingerprint density at radius 2 is 1.90 bits per heavy atom. The zero-order valence-electron chi connectivity index (χ0n) is 11.0. The number of hydrogen-bond donors (Lipinski definition) is 1. The summed E-state index contributed by atoms with van der Waals surface area (Å²) < 4.78 is 23.7. The van der Waals surface area contributed by atoms with Crippen molar-refractivity contribution in [3.05, 3.63) is 47.8 Å². The minimum Gasteiger partial charge on any atom is -0.493 e. The fourth-order valence-electron chi connectivity index (χ4n) is 1.96. The van der Waals surface area contributed by atoms with E-state index in [4.69, 9.17) is 14.6 Å². The first-order valence-corrected chi connectivity index (χ1v) is 5.82. The molecule has 0 aliphatic carbocycles. The summed E-state index contributed by atoms with van der Waals surface area (Å²) in [5, 5.41) is 9.12. The van der Waals surface area contributed by atoms with Crippen molar-refractivity contribution in [3.63, 3.8) is 0 Å². The molecular weight excluding hydrogens is 263 g/mol. The molecule has 2 rings (SSSR count). The second kappa shape index (κ2) is 5.61. The molecule has 0 aliphatic heterocycles. The topological polar surface area (TPSA) is 55.8 Å². The molecule has 0 radical (unpaired) electrons. The molecule has 0 aliphatic rings. The molecule has 0 heterocycles. The number of carboxylic acids is 1. The quantitative estimate of drug-likeness (QED) is 0.931. The van der Waals surface area contributed by atoms with Gasteiger partial charge in [-0.2, -0.15) is 0 Å². The number of methoxy groups -OCH3 is 2. The summed E-state index contributed by atoms with van der Waals surface area (Å²) in [5.74, 6) is -0.859. The molecule has 20 heavy (non-hydrogen) atoms. The Morgan fingerprint density at radius 1 is 1.15 bits per heavy atom. The highest BCUT2D eigenvalue weighted by atomic mass is 19.1. The highest BCUT2D eigenvalue weighted by Gasteiger charge is 2.17. The van der Waals surface area contributed by atoms with Crippen molar-refractivity contribution in [1.29, 1.82) is 0 Å².